The molecule has 0 saturated heterocycles. The number of ether oxygens (including phenoxy) is 1. The molecule has 0 saturated carbocycles. The molecule has 0 aliphatic heterocycles. The fraction of sp³-hybridized carbons (Fsp3) is 0.250. The van der Waals surface area contributed by atoms with Crippen molar-refractivity contribution in [3.8, 4) is 17.1 Å². The summed E-state index contributed by atoms with van der Waals surface area (Å²) in [5.41, 5.74) is 0.753. The van der Waals surface area contributed by atoms with Crippen molar-refractivity contribution in [3.63, 3.8) is 0 Å². The summed E-state index contributed by atoms with van der Waals surface area (Å²) in [6.45, 7) is 1.90. The SMILES string of the molecule is CCC(Oc1ccccc1F)C(=O)N(C)Cc1nc(-c2ccc(Cl)cc2)no1. The number of likely N-dealkylation sites (N-methyl/N-ethyl adjacent to an activating group) is 1. The van der Waals surface area contributed by atoms with E-state index in [1.807, 2.05) is 0 Å². The minimum absolute atomic E-state index is 0.0407. The molecule has 3 rings (SSSR count). The molecule has 146 valence electrons. The first-order valence-electron chi connectivity index (χ1n) is 8.72. The van der Waals surface area contributed by atoms with Crippen molar-refractivity contribution in [2.75, 3.05) is 7.05 Å². The first-order chi connectivity index (χ1) is 13.5. The molecule has 0 aliphatic rings. The second-order valence-electron chi connectivity index (χ2n) is 6.16. The molecule has 0 N–H and O–H groups in total. The highest BCUT2D eigenvalue weighted by atomic mass is 35.5. The lowest BCUT2D eigenvalue weighted by molar-refractivity contribution is -0.138. The number of amides is 1. The van der Waals surface area contributed by atoms with E-state index in [1.165, 1.54) is 17.0 Å². The van der Waals surface area contributed by atoms with Gasteiger partial charge in [-0.1, -0.05) is 35.8 Å². The van der Waals surface area contributed by atoms with Gasteiger partial charge in [0.05, 0.1) is 6.54 Å². The van der Waals surface area contributed by atoms with E-state index in [0.29, 0.717) is 17.3 Å². The van der Waals surface area contributed by atoms with Gasteiger partial charge < -0.3 is 14.2 Å². The van der Waals surface area contributed by atoms with Crippen molar-refractivity contribution in [3.05, 3.63) is 65.3 Å². The molecule has 28 heavy (non-hydrogen) atoms. The number of para-hydroxylation sites is 1. The fourth-order valence-corrected chi connectivity index (χ4v) is 2.69. The molecular weight excluding hydrogens is 385 g/mol. The van der Waals surface area contributed by atoms with E-state index in [9.17, 15) is 9.18 Å². The first-order valence-corrected chi connectivity index (χ1v) is 9.10. The highest BCUT2D eigenvalue weighted by Gasteiger charge is 2.25. The standard InChI is InChI=1S/C20H19ClFN3O3/c1-3-16(27-17-7-5-4-6-15(17)22)20(26)25(2)12-18-23-19(24-28-18)13-8-10-14(21)11-9-13/h4-11,16H,3,12H2,1-2H3. The molecule has 1 amide bonds. The molecule has 1 unspecified atom stereocenters. The largest absolute Gasteiger partial charge is 0.478 e. The van der Waals surface area contributed by atoms with Crippen LogP contribution in [0.2, 0.25) is 5.02 Å². The summed E-state index contributed by atoms with van der Waals surface area (Å²) in [6, 6.07) is 13.0. The van der Waals surface area contributed by atoms with Gasteiger partial charge in [0.2, 0.25) is 11.7 Å². The first kappa shape index (κ1) is 19.8. The summed E-state index contributed by atoms with van der Waals surface area (Å²) >= 11 is 5.88. The van der Waals surface area contributed by atoms with E-state index < -0.39 is 11.9 Å². The summed E-state index contributed by atoms with van der Waals surface area (Å²) in [4.78, 5) is 18.4. The molecule has 1 atom stereocenters. The smallest absolute Gasteiger partial charge is 0.263 e. The zero-order valence-electron chi connectivity index (χ0n) is 15.4. The Kier molecular flexibility index (Phi) is 6.26. The number of carbonyl (C=O) groups excluding carboxylic acids is 1. The molecule has 0 radical (unpaired) electrons. The van der Waals surface area contributed by atoms with Crippen molar-refractivity contribution in [1.29, 1.82) is 0 Å². The Labute approximate surface area is 166 Å². The predicted octanol–water partition coefficient (Wildman–Crippen LogP) is 4.35. The number of hydrogen-bond acceptors (Lipinski definition) is 5. The van der Waals surface area contributed by atoms with Gasteiger partial charge in [0.25, 0.3) is 5.91 Å². The third-order valence-electron chi connectivity index (χ3n) is 4.07. The Morgan fingerprint density at radius 3 is 2.64 bits per heavy atom. The third-order valence-corrected chi connectivity index (χ3v) is 4.32. The highest BCUT2D eigenvalue weighted by Crippen LogP contribution is 2.21. The minimum atomic E-state index is -0.819. The van der Waals surface area contributed by atoms with Crippen LogP contribution in [-0.4, -0.2) is 34.1 Å². The molecule has 0 spiro atoms. The summed E-state index contributed by atoms with van der Waals surface area (Å²) in [6.07, 6.45) is -0.433. The summed E-state index contributed by atoms with van der Waals surface area (Å²) in [7, 11) is 1.60. The Morgan fingerprint density at radius 2 is 1.96 bits per heavy atom. The molecule has 0 bridgehead atoms. The van der Waals surface area contributed by atoms with Gasteiger partial charge in [0, 0.05) is 17.6 Å². The van der Waals surface area contributed by atoms with Crippen molar-refractivity contribution < 1.29 is 18.4 Å². The number of rotatable bonds is 7. The van der Waals surface area contributed by atoms with Crippen LogP contribution < -0.4 is 4.74 Å². The number of aromatic nitrogens is 2. The van der Waals surface area contributed by atoms with Crippen molar-refractivity contribution in [2.45, 2.75) is 26.0 Å². The van der Waals surface area contributed by atoms with Crippen molar-refractivity contribution in [1.82, 2.24) is 15.0 Å². The zero-order chi connectivity index (χ0) is 20.1. The summed E-state index contributed by atoms with van der Waals surface area (Å²) in [5.74, 6) is -0.0967. The number of nitrogens with zero attached hydrogens (tertiary/aromatic N) is 3. The maximum atomic E-state index is 13.8. The highest BCUT2D eigenvalue weighted by molar-refractivity contribution is 6.30. The lowest BCUT2D eigenvalue weighted by Crippen LogP contribution is -2.39. The van der Waals surface area contributed by atoms with E-state index in [0.717, 1.165) is 5.56 Å². The van der Waals surface area contributed by atoms with Crippen LogP contribution in [0, 0.1) is 5.82 Å². The number of hydrogen-bond donors (Lipinski definition) is 0. The molecule has 1 aromatic heterocycles. The van der Waals surface area contributed by atoms with Gasteiger partial charge >= 0.3 is 0 Å². The van der Waals surface area contributed by atoms with Crippen LogP contribution in [-0.2, 0) is 11.3 Å². The van der Waals surface area contributed by atoms with Crippen molar-refractivity contribution in [2.24, 2.45) is 0 Å². The van der Waals surface area contributed by atoms with E-state index in [-0.39, 0.29) is 24.1 Å². The van der Waals surface area contributed by atoms with E-state index in [1.54, 1.807) is 50.4 Å². The van der Waals surface area contributed by atoms with Gasteiger partial charge in [-0.3, -0.25) is 4.79 Å². The van der Waals surface area contributed by atoms with Crippen LogP contribution in [0.25, 0.3) is 11.4 Å². The van der Waals surface area contributed by atoms with Crippen LogP contribution in [0.3, 0.4) is 0 Å². The molecule has 2 aromatic carbocycles. The predicted molar refractivity (Wildman–Crippen MR) is 102 cm³/mol. The third kappa shape index (κ3) is 4.67. The van der Waals surface area contributed by atoms with E-state index >= 15 is 0 Å². The molecule has 1 heterocycles. The monoisotopic (exact) mass is 403 g/mol. The molecule has 8 heteroatoms. The topological polar surface area (TPSA) is 68.5 Å². The van der Waals surface area contributed by atoms with Gasteiger partial charge in [-0.25, -0.2) is 4.39 Å². The molecule has 6 nitrogen and oxygen atoms in total. The van der Waals surface area contributed by atoms with Gasteiger partial charge in [-0.2, -0.15) is 4.98 Å². The van der Waals surface area contributed by atoms with E-state index in [4.69, 9.17) is 20.9 Å². The summed E-state index contributed by atoms with van der Waals surface area (Å²) in [5, 5.41) is 4.53. The Balaban J connectivity index is 1.66. The number of benzene rings is 2. The molecule has 0 fully saturated rings. The Bertz CT molecular complexity index is 946. The molecule has 3 aromatic rings. The van der Waals surface area contributed by atoms with Gasteiger partial charge in [-0.15, -0.1) is 0 Å². The van der Waals surface area contributed by atoms with Crippen LogP contribution in [0.1, 0.15) is 19.2 Å². The van der Waals surface area contributed by atoms with Crippen molar-refractivity contribution >= 4 is 17.5 Å². The second kappa shape index (κ2) is 8.84. The van der Waals surface area contributed by atoms with Gasteiger partial charge in [-0.05, 0) is 42.8 Å². The number of halogens is 2. The maximum absolute atomic E-state index is 13.8. The van der Waals surface area contributed by atoms with E-state index in [2.05, 4.69) is 10.1 Å². The van der Waals surface area contributed by atoms with Crippen LogP contribution in [0.15, 0.2) is 53.1 Å². The molecular formula is C20H19ClFN3O3. The lowest BCUT2D eigenvalue weighted by atomic mass is 10.2. The second-order valence-corrected chi connectivity index (χ2v) is 6.59. The normalized spacial score (nSPS) is 11.9. The molecule has 0 aliphatic carbocycles. The van der Waals surface area contributed by atoms with Gasteiger partial charge in [0.1, 0.15) is 0 Å². The Hall–Kier alpha value is -2.93. The average molecular weight is 404 g/mol. The maximum Gasteiger partial charge on any atom is 0.263 e. The lowest BCUT2D eigenvalue weighted by Gasteiger charge is -2.22. The van der Waals surface area contributed by atoms with Crippen LogP contribution in [0.5, 0.6) is 5.75 Å². The van der Waals surface area contributed by atoms with Crippen LogP contribution in [0.4, 0.5) is 4.39 Å². The summed E-state index contributed by atoms with van der Waals surface area (Å²) < 4.78 is 24.6. The Morgan fingerprint density at radius 1 is 1.25 bits per heavy atom. The number of carbonyl (C=O) groups is 1. The zero-order valence-corrected chi connectivity index (χ0v) is 16.2. The average Bonchev–Trinajstić information content (AvgIpc) is 3.16. The quantitative estimate of drug-likeness (QED) is 0.586. The van der Waals surface area contributed by atoms with Gasteiger partial charge in [0.15, 0.2) is 17.7 Å². The minimum Gasteiger partial charge on any atom is -0.478 e. The fourth-order valence-electron chi connectivity index (χ4n) is 2.56. The van der Waals surface area contributed by atoms with Crippen LogP contribution >= 0.6 is 11.6 Å².